The number of amides is 1. The molecule has 1 fully saturated rings. The molecular formula is C14H18BrNO2. The third-order valence-electron chi connectivity index (χ3n) is 3.42. The maximum Gasteiger partial charge on any atom is 0.253 e. The van der Waals surface area contributed by atoms with E-state index in [1.54, 1.807) is 18.2 Å². The van der Waals surface area contributed by atoms with Crippen LogP contribution in [-0.4, -0.2) is 34.3 Å². The zero-order valence-electron chi connectivity index (χ0n) is 10.3. The fourth-order valence-corrected chi connectivity index (χ4v) is 3.11. The van der Waals surface area contributed by atoms with Gasteiger partial charge in [0, 0.05) is 24.0 Å². The third kappa shape index (κ3) is 3.25. The Balaban J connectivity index is 2.04. The Morgan fingerprint density at radius 2 is 2.33 bits per heavy atom. The van der Waals surface area contributed by atoms with Crippen molar-refractivity contribution in [2.75, 3.05) is 18.4 Å². The van der Waals surface area contributed by atoms with Gasteiger partial charge in [0.25, 0.3) is 5.91 Å². The van der Waals surface area contributed by atoms with E-state index in [-0.39, 0.29) is 11.7 Å². The first-order chi connectivity index (χ1) is 8.70. The number of halogens is 1. The van der Waals surface area contributed by atoms with E-state index >= 15 is 0 Å². The molecule has 1 aliphatic rings. The number of hydrogen-bond donors (Lipinski definition) is 1. The van der Waals surface area contributed by atoms with E-state index < -0.39 is 0 Å². The number of carbonyl (C=O) groups excluding carboxylic acids is 1. The van der Waals surface area contributed by atoms with Gasteiger partial charge in [-0.25, -0.2) is 0 Å². The third-order valence-corrected chi connectivity index (χ3v) is 3.87. The average molecular weight is 312 g/mol. The van der Waals surface area contributed by atoms with Gasteiger partial charge in [0.05, 0.1) is 0 Å². The summed E-state index contributed by atoms with van der Waals surface area (Å²) in [6.07, 6.45) is 3.39. The molecule has 1 aromatic rings. The number of benzene rings is 1. The van der Waals surface area contributed by atoms with Crippen LogP contribution < -0.4 is 0 Å². The molecule has 1 aliphatic heterocycles. The fraction of sp³-hybridized carbons (Fsp3) is 0.500. The second-order valence-electron chi connectivity index (χ2n) is 4.79. The van der Waals surface area contributed by atoms with Crippen LogP contribution >= 0.6 is 15.9 Å². The minimum absolute atomic E-state index is 0.0326. The topological polar surface area (TPSA) is 40.5 Å². The van der Waals surface area contributed by atoms with Gasteiger partial charge in [-0.15, -0.1) is 0 Å². The van der Waals surface area contributed by atoms with Crippen molar-refractivity contribution in [3.63, 3.8) is 0 Å². The molecule has 0 radical (unpaired) electrons. The molecule has 0 aliphatic carbocycles. The summed E-state index contributed by atoms with van der Waals surface area (Å²) < 4.78 is 0. The number of phenols is 1. The number of rotatable bonds is 3. The molecule has 1 N–H and O–H groups in total. The first-order valence-corrected chi connectivity index (χ1v) is 7.47. The number of nitrogens with zero attached hydrogens (tertiary/aromatic N) is 1. The van der Waals surface area contributed by atoms with Crippen molar-refractivity contribution in [1.29, 1.82) is 0 Å². The van der Waals surface area contributed by atoms with E-state index in [9.17, 15) is 9.90 Å². The van der Waals surface area contributed by atoms with Crippen LogP contribution in [0.1, 0.15) is 29.6 Å². The number of hydrogen-bond acceptors (Lipinski definition) is 2. The Kier molecular flexibility index (Phi) is 4.64. The van der Waals surface area contributed by atoms with Gasteiger partial charge in [-0.3, -0.25) is 4.79 Å². The molecule has 1 atom stereocenters. The number of carbonyl (C=O) groups is 1. The fourth-order valence-electron chi connectivity index (χ4n) is 2.46. The number of piperidine rings is 1. The number of likely N-dealkylation sites (tertiary alicyclic amines) is 1. The van der Waals surface area contributed by atoms with Crippen molar-refractivity contribution < 1.29 is 9.90 Å². The first-order valence-electron chi connectivity index (χ1n) is 6.35. The minimum atomic E-state index is 0.0326. The monoisotopic (exact) mass is 311 g/mol. The van der Waals surface area contributed by atoms with E-state index in [4.69, 9.17) is 0 Å². The number of phenolic OH excluding ortho intramolecular Hbond substituents is 1. The Bertz CT molecular complexity index is 420. The Morgan fingerprint density at radius 1 is 1.50 bits per heavy atom. The molecule has 1 unspecified atom stereocenters. The van der Waals surface area contributed by atoms with Gasteiger partial charge in [-0.1, -0.05) is 22.0 Å². The highest BCUT2D eigenvalue weighted by molar-refractivity contribution is 9.09. The van der Waals surface area contributed by atoms with Crippen molar-refractivity contribution >= 4 is 21.8 Å². The maximum absolute atomic E-state index is 12.3. The predicted molar refractivity (Wildman–Crippen MR) is 75.1 cm³/mol. The van der Waals surface area contributed by atoms with Crippen LogP contribution in [0.2, 0.25) is 0 Å². The zero-order chi connectivity index (χ0) is 13.0. The molecule has 2 rings (SSSR count). The molecule has 0 aromatic heterocycles. The summed E-state index contributed by atoms with van der Waals surface area (Å²) in [5.41, 5.74) is 0.578. The molecule has 0 bridgehead atoms. The highest BCUT2D eigenvalue weighted by Crippen LogP contribution is 2.22. The quantitative estimate of drug-likeness (QED) is 0.872. The van der Waals surface area contributed by atoms with E-state index in [2.05, 4.69) is 15.9 Å². The lowest BCUT2D eigenvalue weighted by Crippen LogP contribution is -2.40. The van der Waals surface area contributed by atoms with Crippen molar-refractivity contribution in [3.05, 3.63) is 29.8 Å². The van der Waals surface area contributed by atoms with Crippen LogP contribution in [0.4, 0.5) is 0 Å². The van der Waals surface area contributed by atoms with Crippen LogP contribution in [-0.2, 0) is 0 Å². The smallest absolute Gasteiger partial charge is 0.253 e. The SMILES string of the molecule is O=C(c1cccc(O)c1)N1CCCC(CCBr)C1. The highest BCUT2D eigenvalue weighted by atomic mass is 79.9. The van der Waals surface area contributed by atoms with Crippen molar-refractivity contribution in [3.8, 4) is 5.75 Å². The summed E-state index contributed by atoms with van der Waals surface area (Å²) in [4.78, 5) is 14.2. The molecule has 1 aromatic carbocycles. The van der Waals surface area contributed by atoms with Gasteiger partial charge < -0.3 is 10.0 Å². The van der Waals surface area contributed by atoms with Crippen LogP contribution in [0.3, 0.4) is 0 Å². The lowest BCUT2D eigenvalue weighted by atomic mass is 9.95. The van der Waals surface area contributed by atoms with Gasteiger partial charge in [-0.05, 0) is 43.4 Å². The molecule has 18 heavy (non-hydrogen) atoms. The standard InChI is InChI=1S/C14H18BrNO2/c15-7-6-11-3-2-8-16(10-11)14(18)12-4-1-5-13(17)9-12/h1,4-5,9,11,17H,2-3,6-8,10H2. The maximum atomic E-state index is 12.3. The summed E-state index contributed by atoms with van der Waals surface area (Å²) in [7, 11) is 0. The summed E-state index contributed by atoms with van der Waals surface area (Å²) >= 11 is 3.46. The van der Waals surface area contributed by atoms with Crippen LogP contribution in [0, 0.1) is 5.92 Å². The summed E-state index contributed by atoms with van der Waals surface area (Å²) in [5, 5.41) is 10.4. The molecule has 1 amide bonds. The molecule has 4 heteroatoms. The van der Waals surface area contributed by atoms with Gasteiger partial charge in [0.1, 0.15) is 5.75 Å². The number of aromatic hydroxyl groups is 1. The van der Waals surface area contributed by atoms with Gasteiger partial charge in [0.15, 0.2) is 0 Å². The molecule has 0 spiro atoms. The lowest BCUT2D eigenvalue weighted by Gasteiger charge is -2.32. The molecular weight excluding hydrogens is 294 g/mol. The summed E-state index contributed by atoms with van der Waals surface area (Å²) in [6.45, 7) is 1.66. The van der Waals surface area contributed by atoms with Crippen molar-refractivity contribution in [2.45, 2.75) is 19.3 Å². The largest absolute Gasteiger partial charge is 0.508 e. The molecule has 0 saturated carbocycles. The predicted octanol–water partition coefficient (Wildman–Crippen LogP) is 3.03. The minimum Gasteiger partial charge on any atom is -0.508 e. The number of alkyl halides is 1. The van der Waals surface area contributed by atoms with E-state index in [1.807, 2.05) is 4.90 Å². The molecule has 1 heterocycles. The second-order valence-corrected chi connectivity index (χ2v) is 5.58. The average Bonchev–Trinajstić information content (AvgIpc) is 2.39. The van der Waals surface area contributed by atoms with E-state index in [0.717, 1.165) is 31.3 Å². The van der Waals surface area contributed by atoms with E-state index in [0.29, 0.717) is 11.5 Å². The highest BCUT2D eigenvalue weighted by Gasteiger charge is 2.24. The zero-order valence-corrected chi connectivity index (χ0v) is 11.9. The molecule has 1 saturated heterocycles. The Morgan fingerprint density at radius 3 is 3.06 bits per heavy atom. The normalized spacial score (nSPS) is 19.8. The summed E-state index contributed by atoms with van der Waals surface area (Å²) in [5.74, 6) is 0.777. The molecule has 3 nitrogen and oxygen atoms in total. The van der Waals surface area contributed by atoms with Crippen LogP contribution in [0.5, 0.6) is 5.75 Å². The first kappa shape index (κ1) is 13.4. The van der Waals surface area contributed by atoms with Crippen LogP contribution in [0.25, 0.3) is 0 Å². The van der Waals surface area contributed by atoms with Gasteiger partial charge >= 0.3 is 0 Å². The van der Waals surface area contributed by atoms with Gasteiger partial charge in [-0.2, -0.15) is 0 Å². The van der Waals surface area contributed by atoms with Gasteiger partial charge in [0.2, 0.25) is 0 Å². The molecule has 98 valence electrons. The second kappa shape index (κ2) is 6.23. The summed E-state index contributed by atoms with van der Waals surface area (Å²) in [6, 6.07) is 6.59. The Hall–Kier alpha value is -1.03. The van der Waals surface area contributed by atoms with Crippen LogP contribution in [0.15, 0.2) is 24.3 Å². The lowest BCUT2D eigenvalue weighted by molar-refractivity contribution is 0.0671. The van der Waals surface area contributed by atoms with Crippen molar-refractivity contribution in [1.82, 2.24) is 4.90 Å². The van der Waals surface area contributed by atoms with E-state index in [1.165, 1.54) is 12.5 Å². The Labute approximate surface area is 116 Å². The van der Waals surface area contributed by atoms with Crippen molar-refractivity contribution in [2.24, 2.45) is 5.92 Å².